The second-order valence-corrected chi connectivity index (χ2v) is 5.69. The van der Waals surface area contributed by atoms with Crippen LogP contribution in [0, 0.1) is 5.92 Å². The predicted molar refractivity (Wildman–Crippen MR) is 107 cm³/mol. The van der Waals surface area contributed by atoms with Crippen LogP contribution in [0.2, 0.25) is 0 Å². The van der Waals surface area contributed by atoms with Crippen LogP contribution in [0.15, 0.2) is 65.2 Å². The van der Waals surface area contributed by atoms with E-state index < -0.39 is 0 Å². The van der Waals surface area contributed by atoms with Gasteiger partial charge in [0.05, 0.1) is 12.9 Å². The molecule has 0 radical (unpaired) electrons. The van der Waals surface area contributed by atoms with Gasteiger partial charge in [-0.05, 0) is 50.0 Å². The zero-order chi connectivity index (χ0) is 18.9. The molecule has 5 heteroatoms. The lowest BCUT2D eigenvalue weighted by atomic mass is 10.2. The second kappa shape index (κ2) is 15.1. The third-order valence-electron chi connectivity index (χ3n) is 2.95. The molecule has 0 rings (SSSR count). The van der Waals surface area contributed by atoms with Crippen LogP contribution in [0.25, 0.3) is 0 Å². The summed E-state index contributed by atoms with van der Waals surface area (Å²) in [5.41, 5.74) is 6.64. The fraction of sp³-hybridized carbons (Fsp3) is 0.450. The quantitative estimate of drug-likeness (QED) is 0.139. The van der Waals surface area contributed by atoms with Crippen molar-refractivity contribution in [2.75, 3.05) is 13.2 Å². The first kappa shape index (κ1) is 22.6. The average molecular weight is 348 g/mol. The topological polar surface area (TPSA) is 82.9 Å². The van der Waals surface area contributed by atoms with Gasteiger partial charge in [-0.1, -0.05) is 38.2 Å². The van der Waals surface area contributed by atoms with E-state index in [1.807, 2.05) is 50.3 Å². The van der Waals surface area contributed by atoms with Crippen LogP contribution < -0.4 is 11.6 Å². The Labute approximate surface area is 152 Å². The Balaban J connectivity index is 4.81. The summed E-state index contributed by atoms with van der Waals surface area (Å²) >= 11 is 0. The zero-order valence-electron chi connectivity index (χ0n) is 15.9. The normalized spacial score (nSPS) is 14.4. The van der Waals surface area contributed by atoms with E-state index in [0.29, 0.717) is 31.4 Å². The van der Waals surface area contributed by atoms with Crippen LogP contribution in [-0.2, 0) is 9.47 Å². The van der Waals surface area contributed by atoms with Crippen molar-refractivity contribution in [1.29, 1.82) is 0 Å². The number of ether oxygens (including phenoxy) is 2. The number of rotatable bonds is 12. The summed E-state index contributed by atoms with van der Waals surface area (Å²) in [6.45, 7) is 9.30. The first-order chi connectivity index (χ1) is 12.0. The molecular formula is C20H33N3O2. The van der Waals surface area contributed by atoms with Crippen LogP contribution in [0.5, 0.6) is 0 Å². The molecule has 0 aromatic rings. The number of nitrogens with zero attached hydrogens (tertiary/aromatic N) is 1. The number of amidine groups is 1. The minimum Gasteiger partial charge on any atom is -0.501 e. The highest BCUT2D eigenvalue weighted by molar-refractivity contribution is 5.79. The number of allylic oxidation sites excluding steroid dienone is 6. The van der Waals surface area contributed by atoms with Gasteiger partial charge in [0.1, 0.15) is 18.2 Å². The molecule has 0 saturated carbocycles. The van der Waals surface area contributed by atoms with Gasteiger partial charge in [0.15, 0.2) is 0 Å². The molecule has 0 aromatic heterocycles. The first-order valence-corrected chi connectivity index (χ1v) is 8.66. The summed E-state index contributed by atoms with van der Waals surface area (Å²) in [5, 5.41) is 3.46. The first-order valence-electron chi connectivity index (χ1n) is 8.66. The van der Waals surface area contributed by atoms with Gasteiger partial charge in [-0.25, -0.2) is 0 Å². The summed E-state index contributed by atoms with van der Waals surface area (Å²) in [6, 6.07) is 0. The third kappa shape index (κ3) is 13.7. The molecule has 0 heterocycles. The molecule has 0 unspecified atom stereocenters. The molecule has 4 N–H and O–H groups in total. The van der Waals surface area contributed by atoms with Crippen LogP contribution in [-0.4, -0.2) is 19.0 Å². The van der Waals surface area contributed by atoms with Crippen molar-refractivity contribution in [3.63, 3.8) is 0 Å². The predicted octanol–water partition coefficient (Wildman–Crippen LogP) is 4.16. The average Bonchev–Trinajstić information content (AvgIpc) is 2.58. The molecule has 0 aliphatic rings. The minimum absolute atomic E-state index is 0.391. The molecule has 0 saturated heterocycles. The highest BCUT2D eigenvalue weighted by Gasteiger charge is 1.99. The summed E-state index contributed by atoms with van der Waals surface area (Å²) < 4.78 is 11.1. The van der Waals surface area contributed by atoms with Gasteiger partial charge < -0.3 is 21.1 Å². The fourth-order valence-corrected chi connectivity index (χ4v) is 1.82. The van der Waals surface area contributed by atoms with Crippen molar-refractivity contribution >= 4 is 5.84 Å². The number of hydrazone groups is 1. The van der Waals surface area contributed by atoms with E-state index in [1.165, 1.54) is 0 Å². The van der Waals surface area contributed by atoms with Crippen LogP contribution >= 0.6 is 0 Å². The van der Waals surface area contributed by atoms with Gasteiger partial charge in [0, 0.05) is 6.42 Å². The Bertz CT molecular complexity index is 527. The Morgan fingerprint density at radius 2 is 2.00 bits per heavy atom. The van der Waals surface area contributed by atoms with Crippen molar-refractivity contribution in [2.45, 2.75) is 40.5 Å². The van der Waals surface area contributed by atoms with Crippen LogP contribution in [0.1, 0.15) is 40.5 Å². The lowest BCUT2D eigenvalue weighted by molar-refractivity contribution is 0.252. The molecule has 0 bridgehead atoms. The maximum Gasteiger partial charge on any atom is 0.119 e. The highest BCUT2D eigenvalue weighted by Crippen LogP contribution is 2.10. The van der Waals surface area contributed by atoms with Gasteiger partial charge in [-0.3, -0.25) is 0 Å². The molecule has 0 spiro atoms. The molecule has 0 fully saturated rings. The van der Waals surface area contributed by atoms with Gasteiger partial charge in [-0.15, -0.1) is 0 Å². The Morgan fingerprint density at radius 3 is 2.60 bits per heavy atom. The Morgan fingerprint density at radius 1 is 1.24 bits per heavy atom. The monoisotopic (exact) mass is 347 g/mol. The molecule has 0 amide bonds. The van der Waals surface area contributed by atoms with Gasteiger partial charge in [0.2, 0.25) is 0 Å². The van der Waals surface area contributed by atoms with Gasteiger partial charge in [0.25, 0.3) is 0 Å². The number of hydrogen-bond acceptors (Lipinski definition) is 4. The zero-order valence-corrected chi connectivity index (χ0v) is 15.9. The summed E-state index contributed by atoms with van der Waals surface area (Å²) in [5.74, 6) is 6.79. The minimum atomic E-state index is 0.391. The second-order valence-electron chi connectivity index (χ2n) is 5.69. The van der Waals surface area contributed by atoms with Crippen molar-refractivity contribution in [1.82, 2.24) is 0 Å². The summed E-state index contributed by atoms with van der Waals surface area (Å²) in [4.78, 5) is 0. The Kier molecular flexibility index (Phi) is 13.6. The van der Waals surface area contributed by atoms with Crippen LogP contribution in [0.3, 0.4) is 0 Å². The standard InChI is InChI=1S/C20H33N3O2/c1-5-10-18(11-9-14-24-6-2)16-25-19(15-17(3)4)12-7-8-13-20(21)23-22/h5,7,9-12,14-15,17H,6,8,13,16,22H2,1-4H3,(H2,21,23)/b10-5-,12-7-,14-9+,18-11+,19-15+. The lowest BCUT2D eigenvalue weighted by Crippen LogP contribution is -2.13. The molecule has 0 aliphatic heterocycles. The van der Waals surface area contributed by atoms with E-state index in [9.17, 15) is 0 Å². The van der Waals surface area contributed by atoms with Gasteiger partial charge >= 0.3 is 0 Å². The maximum absolute atomic E-state index is 5.95. The van der Waals surface area contributed by atoms with E-state index >= 15 is 0 Å². The lowest BCUT2D eigenvalue weighted by Gasteiger charge is -2.09. The smallest absolute Gasteiger partial charge is 0.119 e. The van der Waals surface area contributed by atoms with E-state index in [4.69, 9.17) is 21.1 Å². The highest BCUT2D eigenvalue weighted by atomic mass is 16.5. The summed E-state index contributed by atoms with van der Waals surface area (Å²) in [6.07, 6.45) is 17.0. The van der Waals surface area contributed by atoms with E-state index in [2.05, 4.69) is 25.0 Å². The molecule has 0 atom stereocenters. The van der Waals surface area contributed by atoms with E-state index in [1.54, 1.807) is 6.26 Å². The van der Waals surface area contributed by atoms with Crippen molar-refractivity contribution in [3.05, 3.63) is 60.1 Å². The molecule has 0 aromatic carbocycles. The Hall–Kier alpha value is -2.43. The van der Waals surface area contributed by atoms with E-state index in [-0.39, 0.29) is 0 Å². The third-order valence-corrected chi connectivity index (χ3v) is 2.95. The van der Waals surface area contributed by atoms with E-state index in [0.717, 1.165) is 17.8 Å². The van der Waals surface area contributed by atoms with Crippen molar-refractivity contribution in [2.24, 2.45) is 22.6 Å². The molecule has 5 nitrogen and oxygen atoms in total. The molecule has 0 aliphatic carbocycles. The van der Waals surface area contributed by atoms with Gasteiger partial charge in [-0.2, -0.15) is 5.10 Å². The molecular weight excluding hydrogens is 314 g/mol. The number of nitrogens with two attached hydrogens (primary N) is 2. The van der Waals surface area contributed by atoms with Crippen LogP contribution in [0.4, 0.5) is 0 Å². The summed E-state index contributed by atoms with van der Waals surface area (Å²) in [7, 11) is 0. The molecule has 140 valence electrons. The molecule has 25 heavy (non-hydrogen) atoms. The largest absolute Gasteiger partial charge is 0.501 e. The SMILES string of the molecule is C\C=C/C(=C\C=C\OCC)COC(/C=C\CC/C(N)=N/N)=C/C(C)C. The fourth-order valence-electron chi connectivity index (χ4n) is 1.82. The number of hydrogen-bond donors (Lipinski definition) is 2. The maximum atomic E-state index is 5.95. The van der Waals surface area contributed by atoms with Crippen molar-refractivity contribution < 1.29 is 9.47 Å². The van der Waals surface area contributed by atoms with Crippen molar-refractivity contribution in [3.8, 4) is 0 Å².